The molecule has 18 heavy (non-hydrogen) atoms. The second-order valence-electron chi connectivity index (χ2n) is 5.36. The zero-order valence-corrected chi connectivity index (χ0v) is 10.8. The SMILES string of the molecule is CC(N)C(O)c1ccc2c(c1)nc(C1CC1)n2C. The van der Waals surface area contributed by atoms with Gasteiger partial charge in [0.05, 0.1) is 17.1 Å². The van der Waals surface area contributed by atoms with Gasteiger partial charge in [-0.2, -0.15) is 0 Å². The molecule has 0 saturated heterocycles. The topological polar surface area (TPSA) is 64.1 Å². The van der Waals surface area contributed by atoms with Gasteiger partial charge in [-0.1, -0.05) is 6.07 Å². The first kappa shape index (κ1) is 11.7. The Morgan fingerprint density at radius 2 is 2.17 bits per heavy atom. The summed E-state index contributed by atoms with van der Waals surface area (Å²) < 4.78 is 2.16. The van der Waals surface area contributed by atoms with Crippen molar-refractivity contribution in [2.75, 3.05) is 0 Å². The normalized spacial score (nSPS) is 19.1. The minimum absolute atomic E-state index is 0.269. The molecule has 1 aliphatic rings. The fourth-order valence-corrected chi connectivity index (χ4v) is 2.43. The Morgan fingerprint density at radius 3 is 2.78 bits per heavy atom. The quantitative estimate of drug-likeness (QED) is 0.867. The molecule has 1 saturated carbocycles. The van der Waals surface area contributed by atoms with Gasteiger partial charge in [0.15, 0.2) is 0 Å². The van der Waals surface area contributed by atoms with Crippen molar-refractivity contribution in [2.45, 2.75) is 37.8 Å². The summed E-state index contributed by atoms with van der Waals surface area (Å²) in [5.41, 5.74) is 8.65. The molecule has 1 aromatic heterocycles. The van der Waals surface area contributed by atoms with E-state index >= 15 is 0 Å². The van der Waals surface area contributed by atoms with Gasteiger partial charge in [-0.25, -0.2) is 4.98 Å². The second kappa shape index (κ2) is 4.07. The van der Waals surface area contributed by atoms with Crippen LogP contribution >= 0.6 is 0 Å². The Hall–Kier alpha value is -1.39. The minimum Gasteiger partial charge on any atom is -0.387 e. The van der Waals surface area contributed by atoms with E-state index < -0.39 is 6.10 Å². The van der Waals surface area contributed by atoms with Crippen LogP contribution in [0.3, 0.4) is 0 Å². The predicted molar refractivity (Wildman–Crippen MR) is 71.3 cm³/mol. The van der Waals surface area contributed by atoms with Crippen LogP contribution in [0.2, 0.25) is 0 Å². The second-order valence-corrected chi connectivity index (χ2v) is 5.36. The van der Waals surface area contributed by atoms with Crippen molar-refractivity contribution in [1.29, 1.82) is 0 Å². The van der Waals surface area contributed by atoms with E-state index in [0.717, 1.165) is 22.4 Å². The molecule has 3 N–H and O–H groups in total. The Bertz CT molecular complexity index is 584. The van der Waals surface area contributed by atoms with Crippen LogP contribution in [-0.2, 0) is 7.05 Å². The van der Waals surface area contributed by atoms with Crippen LogP contribution in [0.1, 0.15) is 43.2 Å². The molecule has 1 fully saturated rings. The number of fused-ring (bicyclic) bond motifs is 1. The first-order valence-electron chi connectivity index (χ1n) is 6.48. The molecule has 96 valence electrons. The molecule has 0 amide bonds. The molecule has 1 aromatic carbocycles. The average molecular weight is 245 g/mol. The van der Waals surface area contributed by atoms with Crippen molar-refractivity contribution in [1.82, 2.24) is 9.55 Å². The fourth-order valence-electron chi connectivity index (χ4n) is 2.43. The van der Waals surface area contributed by atoms with Crippen LogP contribution in [0.25, 0.3) is 11.0 Å². The maximum Gasteiger partial charge on any atom is 0.112 e. The van der Waals surface area contributed by atoms with Crippen molar-refractivity contribution in [2.24, 2.45) is 12.8 Å². The molecule has 4 heteroatoms. The largest absolute Gasteiger partial charge is 0.387 e. The number of aryl methyl sites for hydroxylation is 1. The van der Waals surface area contributed by atoms with E-state index in [-0.39, 0.29) is 6.04 Å². The number of hydrogen-bond donors (Lipinski definition) is 2. The molecule has 0 bridgehead atoms. The summed E-state index contributed by atoms with van der Waals surface area (Å²) >= 11 is 0. The highest BCUT2D eigenvalue weighted by molar-refractivity contribution is 5.77. The monoisotopic (exact) mass is 245 g/mol. The Balaban J connectivity index is 2.06. The number of imidazole rings is 1. The molecule has 0 aliphatic heterocycles. The van der Waals surface area contributed by atoms with E-state index in [2.05, 4.69) is 16.6 Å². The summed E-state index contributed by atoms with van der Waals surface area (Å²) in [6.07, 6.45) is 1.86. The highest BCUT2D eigenvalue weighted by atomic mass is 16.3. The Kier molecular flexibility index (Phi) is 2.64. The van der Waals surface area contributed by atoms with Crippen LogP contribution in [0.5, 0.6) is 0 Å². The molecule has 1 aliphatic carbocycles. The summed E-state index contributed by atoms with van der Waals surface area (Å²) in [6, 6.07) is 5.65. The number of aliphatic hydroxyl groups excluding tert-OH is 1. The van der Waals surface area contributed by atoms with Crippen LogP contribution < -0.4 is 5.73 Å². The van der Waals surface area contributed by atoms with Gasteiger partial charge in [0.1, 0.15) is 5.82 Å². The van der Waals surface area contributed by atoms with E-state index in [1.165, 1.54) is 12.8 Å². The van der Waals surface area contributed by atoms with Gasteiger partial charge in [-0.05, 0) is 37.5 Å². The number of hydrogen-bond acceptors (Lipinski definition) is 3. The molecule has 0 spiro atoms. The zero-order chi connectivity index (χ0) is 12.9. The van der Waals surface area contributed by atoms with Crippen molar-refractivity contribution >= 4 is 11.0 Å². The molecule has 2 aromatic rings. The van der Waals surface area contributed by atoms with Gasteiger partial charge in [0, 0.05) is 19.0 Å². The Morgan fingerprint density at radius 1 is 1.44 bits per heavy atom. The van der Waals surface area contributed by atoms with Crippen molar-refractivity contribution in [3.8, 4) is 0 Å². The van der Waals surface area contributed by atoms with Crippen LogP contribution in [0, 0.1) is 0 Å². The molecule has 0 radical (unpaired) electrons. The van der Waals surface area contributed by atoms with E-state index in [4.69, 9.17) is 5.73 Å². The van der Waals surface area contributed by atoms with Crippen LogP contribution in [0.4, 0.5) is 0 Å². The first-order chi connectivity index (χ1) is 8.58. The van der Waals surface area contributed by atoms with Gasteiger partial charge in [-0.3, -0.25) is 0 Å². The summed E-state index contributed by atoms with van der Waals surface area (Å²) in [5.74, 6) is 1.79. The maximum absolute atomic E-state index is 10.00. The third-order valence-corrected chi connectivity index (χ3v) is 3.72. The van der Waals surface area contributed by atoms with Gasteiger partial charge in [-0.15, -0.1) is 0 Å². The molecular formula is C14H19N3O. The van der Waals surface area contributed by atoms with E-state index in [1.54, 1.807) is 0 Å². The summed E-state index contributed by atoms with van der Waals surface area (Å²) in [7, 11) is 2.06. The van der Waals surface area contributed by atoms with E-state index in [9.17, 15) is 5.11 Å². The lowest BCUT2D eigenvalue weighted by Gasteiger charge is -2.14. The van der Waals surface area contributed by atoms with Gasteiger partial charge >= 0.3 is 0 Å². The average Bonchev–Trinajstić information content (AvgIpc) is 3.14. The Labute approximate surface area is 106 Å². The molecule has 2 unspecified atom stereocenters. The molecule has 3 rings (SSSR count). The molecule has 1 heterocycles. The third kappa shape index (κ3) is 1.82. The number of nitrogens with zero attached hydrogens (tertiary/aromatic N) is 2. The number of benzene rings is 1. The standard InChI is InChI=1S/C14H19N3O/c1-8(15)13(18)10-5-6-12-11(7-10)16-14(17(12)2)9-3-4-9/h5-9,13,18H,3-4,15H2,1-2H3. The number of rotatable bonds is 3. The van der Waals surface area contributed by atoms with Crippen LogP contribution in [0.15, 0.2) is 18.2 Å². The lowest BCUT2D eigenvalue weighted by atomic mass is 10.0. The highest BCUT2D eigenvalue weighted by Gasteiger charge is 2.28. The lowest BCUT2D eigenvalue weighted by Crippen LogP contribution is -2.24. The van der Waals surface area contributed by atoms with E-state index in [0.29, 0.717) is 5.92 Å². The minimum atomic E-state index is -0.624. The molecular weight excluding hydrogens is 226 g/mol. The number of aromatic nitrogens is 2. The first-order valence-corrected chi connectivity index (χ1v) is 6.48. The van der Waals surface area contributed by atoms with E-state index in [1.807, 2.05) is 25.1 Å². The highest BCUT2D eigenvalue weighted by Crippen LogP contribution is 2.40. The van der Waals surface area contributed by atoms with Crippen LogP contribution in [-0.4, -0.2) is 20.7 Å². The van der Waals surface area contributed by atoms with Gasteiger partial charge < -0.3 is 15.4 Å². The fraction of sp³-hybridized carbons (Fsp3) is 0.500. The molecule has 2 atom stereocenters. The number of aliphatic hydroxyl groups is 1. The van der Waals surface area contributed by atoms with Gasteiger partial charge in [0.2, 0.25) is 0 Å². The number of nitrogens with two attached hydrogens (primary N) is 1. The lowest BCUT2D eigenvalue weighted by molar-refractivity contribution is 0.153. The smallest absolute Gasteiger partial charge is 0.112 e. The summed E-state index contributed by atoms with van der Waals surface area (Å²) in [5, 5.41) is 10.00. The van der Waals surface area contributed by atoms with Crippen molar-refractivity contribution < 1.29 is 5.11 Å². The third-order valence-electron chi connectivity index (χ3n) is 3.72. The van der Waals surface area contributed by atoms with Crippen molar-refractivity contribution in [3.63, 3.8) is 0 Å². The zero-order valence-electron chi connectivity index (χ0n) is 10.8. The van der Waals surface area contributed by atoms with Gasteiger partial charge in [0.25, 0.3) is 0 Å². The maximum atomic E-state index is 10.00. The summed E-state index contributed by atoms with van der Waals surface area (Å²) in [6.45, 7) is 1.81. The molecule has 4 nitrogen and oxygen atoms in total. The van der Waals surface area contributed by atoms with Crippen molar-refractivity contribution in [3.05, 3.63) is 29.6 Å². The predicted octanol–water partition coefficient (Wildman–Crippen LogP) is 1.83. The summed E-state index contributed by atoms with van der Waals surface area (Å²) in [4.78, 5) is 4.69.